The molecule has 0 saturated carbocycles. The van der Waals surface area contributed by atoms with Gasteiger partial charge in [0.25, 0.3) is 0 Å². The van der Waals surface area contributed by atoms with Crippen LogP contribution >= 0.6 is 0 Å². The van der Waals surface area contributed by atoms with E-state index in [1.807, 2.05) is 19.9 Å². The average Bonchev–Trinajstić information content (AvgIpc) is 2.45. The number of nitrogens with one attached hydrogen (secondary N) is 3. The number of anilines is 1. The van der Waals surface area contributed by atoms with Gasteiger partial charge in [-0.2, -0.15) is 0 Å². The van der Waals surface area contributed by atoms with Crippen molar-refractivity contribution in [2.45, 2.75) is 26.7 Å². The molecule has 0 aliphatic rings. The minimum Gasteiger partial charge on any atom is -0.493 e. The number of methoxy groups -OCH3 is 2. The average molecular weight is 294 g/mol. The van der Waals surface area contributed by atoms with Gasteiger partial charge in [-0.05, 0) is 24.5 Å². The van der Waals surface area contributed by atoms with Crippen molar-refractivity contribution in [2.75, 3.05) is 19.5 Å². The van der Waals surface area contributed by atoms with Crippen molar-refractivity contribution in [2.24, 2.45) is 5.73 Å². The van der Waals surface area contributed by atoms with Crippen LogP contribution in [0.4, 0.5) is 10.5 Å². The second kappa shape index (κ2) is 7.37. The Morgan fingerprint density at radius 3 is 2.38 bits per heavy atom. The monoisotopic (exact) mass is 294 g/mol. The molecular formula is C14H22N4O3. The van der Waals surface area contributed by atoms with E-state index in [0.29, 0.717) is 30.0 Å². The van der Waals surface area contributed by atoms with Crippen molar-refractivity contribution in [3.05, 3.63) is 17.2 Å². The highest BCUT2D eigenvalue weighted by Crippen LogP contribution is 2.39. The Balaban J connectivity index is 3.33. The minimum absolute atomic E-state index is 0.413. The van der Waals surface area contributed by atoms with E-state index in [1.165, 1.54) is 0 Å². The van der Waals surface area contributed by atoms with E-state index in [1.54, 1.807) is 14.2 Å². The Hall–Kier alpha value is -2.44. The van der Waals surface area contributed by atoms with Crippen LogP contribution in [0.3, 0.4) is 0 Å². The summed E-state index contributed by atoms with van der Waals surface area (Å²) in [5.41, 5.74) is 7.58. The summed E-state index contributed by atoms with van der Waals surface area (Å²) in [4.78, 5) is 11.8. The fourth-order valence-electron chi connectivity index (χ4n) is 2.17. The lowest BCUT2D eigenvalue weighted by atomic mass is 10.0. The standard InChI is InChI=1S/C14H22N4O3/c1-5-8-7-10(20-3)12(21-4)9(6-2)11(8)17-14(19)18-13(15)16/h7H,5-6H2,1-4H3,(H5,15,16,17,18,19). The van der Waals surface area contributed by atoms with E-state index >= 15 is 0 Å². The number of hydrogen-bond acceptors (Lipinski definition) is 4. The van der Waals surface area contributed by atoms with Crippen molar-refractivity contribution in [3.63, 3.8) is 0 Å². The summed E-state index contributed by atoms with van der Waals surface area (Å²) in [5, 5.41) is 12.0. The maximum Gasteiger partial charge on any atom is 0.325 e. The van der Waals surface area contributed by atoms with Crippen molar-refractivity contribution >= 4 is 17.7 Å². The second-order valence-corrected chi connectivity index (χ2v) is 4.32. The van der Waals surface area contributed by atoms with E-state index < -0.39 is 12.0 Å². The van der Waals surface area contributed by atoms with Crippen LogP contribution in [0.1, 0.15) is 25.0 Å². The van der Waals surface area contributed by atoms with Gasteiger partial charge in [0.2, 0.25) is 0 Å². The Morgan fingerprint density at radius 1 is 1.29 bits per heavy atom. The van der Waals surface area contributed by atoms with Crippen LogP contribution in [0, 0.1) is 5.41 Å². The summed E-state index contributed by atoms with van der Waals surface area (Å²) in [7, 11) is 3.13. The van der Waals surface area contributed by atoms with E-state index in [2.05, 4.69) is 10.6 Å². The van der Waals surface area contributed by atoms with E-state index in [-0.39, 0.29) is 0 Å². The third kappa shape index (κ3) is 3.77. The zero-order chi connectivity index (χ0) is 16.0. The van der Waals surface area contributed by atoms with Crippen molar-refractivity contribution in [1.82, 2.24) is 5.32 Å². The van der Waals surface area contributed by atoms with Gasteiger partial charge >= 0.3 is 6.03 Å². The first-order valence-electron chi connectivity index (χ1n) is 6.67. The zero-order valence-electron chi connectivity index (χ0n) is 12.8. The van der Waals surface area contributed by atoms with Gasteiger partial charge in [0.05, 0.1) is 19.9 Å². The fourth-order valence-corrected chi connectivity index (χ4v) is 2.17. The minimum atomic E-state index is -0.556. The summed E-state index contributed by atoms with van der Waals surface area (Å²) in [6.07, 6.45) is 1.37. The molecule has 0 aromatic heterocycles. The van der Waals surface area contributed by atoms with E-state index in [0.717, 1.165) is 11.1 Å². The summed E-state index contributed by atoms with van der Waals surface area (Å²) in [6.45, 7) is 3.94. The first-order valence-corrected chi connectivity index (χ1v) is 6.67. The lowest BCUT2D eigenvalue weighted by Gasteiger charge is -2.20. The zero-order valence-corrected chi connectivity index (χ0v) is 12.8. The number of benzene rings is 1. The van der Waals surface area contributed by atoms with Gasteiger partial charge in [-0.1, -0.05) is 13.8 Å². The number of carbonyl (C=O) groups excluding carboxylic acids is 1. The molecule has 0 saturated heterocycles. The van der Waals surface area contributed by atoms with Gasteiger partial charge in [0.15, 0.2) is 17.5 Å². The van der Waals surface area contributed by atoms with Crippen molar-refractivity contribution in [1.29, 1.82) is 5.41 Å². The van der Waals surface area contributed by atoms with Gasteiger partial charge in [-0.15, -0.1) is 0 Å². The van der Waals surface area contributed by atoms with Crippen molar-refractivity contribution in [3.8, 4) is 11.5 Å². The van der Waals surface area contributed by atoms with Gasteiger partial charge in [-0.25, -0.2) is 4.79 Å². The van der Waals surface area contributed by atoms with Crippen molar-refractivity contribution < 1.29 is 14.3 Å². The molecule has 0 radical (unpaired) electrons. The third-order valence-corrected chi connectivity index (χ3v) is 3.07. The highest BCUT2D eigenvalue weighted by Gasteiger charge is 2.19. The molecule has 0 bridgehead atoms. The lowest BCUT2D eigenvalue weighted by molar-refractivity contribution is 0.256. The largest absolute Gasteiger partial charge is 0.493 e. The van der Waals surface area contributed by atoms with Gasteiger partial charge in [0, 0.05) is 5.56 Å². The predicted octanol–water partition coefficient (Wildman–Crippen LogP) is 1.84. The van der Waals surface area contributed by atoms with Crippen LogP contribution in [-0.4, -0.2) is 26.2 Å². The summed E-state index contributed by atoms with van der Waals surface area (Å²) < 4.78 is 10.7. The molecule has 116 valence electrons. The number of aryl methyl sites for hydroxylation is 1. The first-order chi connectivity index (χ1) is 9.98. The number of nitrogens with two attached hydrogens (primary N) is 1. The molecule has 0 heterocycles. The number of urea groups is 1. The maximum absolute atomic E-state index is 11.8. The highest BCUT2D eigenvalue weighted by molar-refractivity contribution is 6.01. The van der Waals surface area contributed by atoms with Gasteiger partial charge in [0.1, 0.15) is 0 Å². The normalized spacial score (nSPS) is 9.90. The number of ether oxygens (including phenoxy) is 2. The maximum atomic E-state index is 11.8. The van der Waals surface area contributed by atoms with Gasteiger partial charge in [-0.3, -0.25) is 10.7 Å². The molecule has 0 spiro atoms. The molecule has 1 rings (SSSR count). The molecule has 7 heteroatoms. The summed E-state index contributed by atoms with van der Waals surface area (Å²) in [5.74, 6) is 0.808. The quantitative estimate of drug-likeness (QED) is 0.490. The van der Waals surface area contributed by atoms with E-state index in [9.17, 15) is 4.79 Å². The molecule has 0 atom stereocenters. The molecule has 0 aliphatic carbocycles. The Bertz CT molecular complexity index is 544. The molecule has 0 fully saturated rings. The number of rotatable bonds is 5. The lowest BCUT2D eigenvalue weighted by Crippen LogP contribution is -2.39. The number of carbonyl (C=O) groups is 1. The molecule has 5 N–H and O–H groups in total. The number of amides is 2. The van der Waals surface area contributed by atoms with Crippen LogP contribution in [-0.2, 0) is 12.8 Å². The molecule has 1 aromatic rings. The predicted molar refractivity (Wildman–Crippen MR) is 82.4 cm³/mol. The summed E-state index contributed by atoms with van der Waals surface area (Å²) in [6, 6.07) is 1.28. The third-order valence-electron chi connectivity index (χ3n) is 3.07. The topological polar surface area (TPSA) is 109 Å². The molecule has 7 nitrogen and oxygen atoms in total. The molecule has 1 aromatic carbocycles. The molecule has 0 aliphatic heterocycles. The number of hydrogen-bond donors (Lipinski definition) is 4. The van der Waals surface area contributed by atoms with Crippen LogP contribution in [0.25, 0.3) is 0 Å². The molecule has 2 amide bonds. The SMILES string of the molecule is CCc1cc(OC)c(OC)c(CC)c1NC(=O)NC(=N)N. The second-order valence-electron chi connectivity index (χ2n) is 4.32. The molecule has 21 heavy (non-hydrogen) atoms. The Morgan fingerprint density at radius 2 is 1.95 bits per heavy atom. The van der Waals surface area contributed by atoms with Crippen LogP contribution in [0.5, 0.6) is 11.5 Å². The van der Waals surface area contributed by atoms with E-state index in [4.69, 9.17) is 20.6 Å². The first kappa shape index (κ1) is 16.6. The smallest absolute Gasteiger partial charge is 0.325 e. The Kier molecular flexibility index (Phi) is 5.83. The van der Waals surface area contributed by atoms with Crippen LogP contribution in [0.2, 0.25) is 0 Å². The number of guanidine groups is 1. The highest BCUT2D eigenvalue weighted by atomic mass is 16.5. The molecular weight excluding hydrogens is 272 g/mol. The van der Waals surface area contributed by atoms with Crippen LogP contribution < -0.4 is 25.8 Å². The van der Waals surface area contributed by atoms with Gasteiger partial charge < -0.3 is 20.5 Å². The fraction of sp³-hybridized carbons (Fsp3) is 0.429. The Labute approximate surface area is 124 Å². The summed E-state index contributed by atoms with van der Waals surface area (Å²) >= 11 is 0. The van der Waals surface area contributed by atoms with Crippen LogP contribution in [0.15, 0.2) is 6.07 Å². The molecule has 0 unspecified atom stereocenters.